The number of unbranched alkanes of at least 4 members (excludes halogenated alkanes) is 1. The molecule has 0 unspecified atom stereocenters. The minimum Gasteiger partial charge on any atom is -0.355 e. The van der Waals surface area contributed by atoms with Crippen molar-refractivity contribution in [2.45, 2.75) is 43.7 Å². The maximum absolute atomic E-state index is 12.2. The fourth-order valence-electron chi connectivity index (χ4n) is 4.27. The first-order valence-electron chi connectivity index (χ1n) is 12.5. The van der Waals surface area contributed by atoms with Gasteiger partial charge in [0.1, 0.15) is 0 Å². The van der Waals surface area contributed by atoms with Gasteiger partial charge >= 0.3 is 0 Å². The van der Waals surface area contributed by atoms with E-state index in [4.69, 9.17) is 0 Å². The fourth-order valence-corrected chi connectivity index (χ4v) is 5.22. The van der Waals surface area contributed by atoms with E-state index in [1.54, 1.807) is 23.9 Å². The van der Waals surface area contributed by atoms with Gasteiger partial charge in [-0.1, -0.05) is 36.4 Å². The second-order valence-electron chi connectivity index (χ2n) is 8.84. The van der Waals surface area contributed by atoms with Crippen LogP contribution < -0.4 is 5.32 Å². The molecule has 2 heterocycles. The van der Waals surface area contributed by atoms with Crippen LogP contribution in [0, 0.1) is 10.1 Å². The third kappa shape index (κ3) is 7.14. The highest BCUT2D eigenvalue weighted by Gasteiger charge is 2.17. The summed E-state index contributed by atoms with van der Waals surface area (Å²) in [5, 5.41) is 23.6. The number of piperidine rings is 1. The van der Waals surface area contributed by atoms with Gasteiger partial charge in [-0.05, 0) is 63.0 Å². The number of non-ortho nitro benzene ring substituents is 1. The molecule has 36 heavy (non-hydrogen) atoms. The number of hydrogen-bond donors (Lipinski definition) is 1. The van der Waals surface area contributed by atoms with Gasteiger partial charge in [0.2, 0.25) is 5.91 Å². The Bertz CT molecular complexity index is 1130. The molecule has 1 amide bonds. The van der Waals surface area contributed by atoms with Crippen molar-refractivity contribution in [3.63, 3.8) is 0 Å². The number of nitrogens with one attached hydrogen (secondary N) is 1. The van der Waals surface area contributed by atoms with Crippen molar-refractivity contribution in [1.82, 2.24) is 25.0 Å². The smallest absolute Gasteiger partial charge is 0.269 e. The zero-order chi connectivity index (χ0) is 25.2. The van der Waals surface area contributed by atoms with Crippen molar-refractivity contribution in [3.8, 4) is 17.1 Å². The molecule has 3 aromatic rings. The number of amides is 1. The number of nitro groups is 1. The number of carbonyl (C=O) groups is 1. The quantitative estimate of drug-likeness (QED) is 0.163. The van der Waals surface area contributed by atoms with Crippen LogP contribution in [0.25, 0.3) is 17.1 Å². The molecule has 0 aliphatic carbocycles. The van der Waals surface area contributed by atoms with Gasteiger partial charge in [-0.25, -0.2) is 0 Å². The van der Waals surface area contributed by atoms with Crippen LogP contribution in [-0.2, 0) is 4.79 Å². The Balaban J connectivity index is 1.29. The maximum Gasteiger partial charge on any atom is 0.269 e. The van der Waals surface area contributed by atoms with E-state index in [0.717, 1.165) is 61.2 Å². The number of rotatable bonds is 12. The van der Waals surface area contributed by atoms with E-state index < -0.39 is 4.92 Å². The third-order valence-electron chi connectivity index (χ3n) is 6.21. The summed E-state index contributed by atoms with van der Waals surface area (Å²) in [4.78, 5) is 25.2. The Labute approximate surface area is 215 Å². The highest BCUT2D eigenvalue weighted by molar-refractivity contribution is 7.99. The van der Waals surface area contributed by atoms with Crippen molar-refractivity contribution in [1.29, 1.82) is 0 Å². The summed E-state index contributed by atoms with van der Waals surface area (Å²) in [6.45, 7) is 3.95. The summed E-state index contributed by atoms with van der Waals surface area (Å²) in [5.74, 6) is 1.56. The summed E-state index contributed by atoms with van der Waals surface area (Å²) in [6, 6.07) is 16.2. The summed E-state index contributed by atoms with van der Waals surface area (Å²) >= 11 is 1.60. The number of likely N-dealkylation sites (tertiary alicyclic amines) is 1. The van der Waals surface area contributed by atoms with Gasteiger partial charge in [0.15, 0.2) is 11.0 Å². The van der Waals surface area contributed by atoms with E-state index in [2.05, 4.69) is 20.4 Å². The number of nitro benzene ring substituents is 1. The van der Waals surface area contributed by atoms with Crippen LogP contribution >= 0.6 is 11.8 Å². The molecule has 0 radical (unpaired) electrons. The van der Waals surface area contributed by atoms with Crippen LogP contribution in [0.3, 0.4) is 0 Å². The van der Waals surface area contributed by atoms with Crippen LogP contribution in [0.15, 0.2) is 59.8 Å². The molecule has 0 bridgehead atoms. The number of hydrogen-bond acceptors (Lipinski definition) is 7. The predicted octanol–water partition coefficient (Wildman–Crippen LogP) is 4.71. The first kappa shape index (κ1) is 25.8. The predicted molar refractivity (Wildman–Crippen MR) is 141 cm³/mol. The second-order valence-corrected chi connectivity index (χ2v) is 9.90. The molecular weight excluding hydrogens is 476 g/mol. The Kier molecular flexibility index (Phi) is 9.46. The van der Waals surface area contributed by atoms with E-state index in [1.807, 2.05) is 34.9 Å². The van der Waals surface area contributed by atoms with Crippen LogP contribution in [-0.4, -0.2) is 62.4 Å². The van der Waals surface area contributed by atoms with E-state index in [1.165, 1.54) is 31.4 Å². The van der Waals surface area contributed by atoms with Gasteiger partial charge in [0.05, 0.1) is 4.92 Å². The second kappa shape index (κ2) is 13.2. The zero-order valence-electron chi connectivity index (χ0n) is 20.3. The Morgan fingerprint density at radius 1 is 1.00 bits per heavy atom. The lowest BCUT2D eigenvalue weighted by Gasteiger charge is -2.26. The summed E-state index contributed by atoms with van der Waals surface area (Å²) in [7, 11) is 0. The number of carbonyl (C=O) groups excluding carboxylic acids is 1. The molecule has 190 valence electrons. The fraction of sp³-hybridized carbons (Fsp3) is 0.423. The molecule has 1 N–H and O–H groups in total. The van der Waals surface area contributed by atoms with Gasteiger partial charge in [-0.3, -0.25) is 19.5 Å². The molecule has 0 spiro atoms. The number of benzene rings is 2. The largest absolute Gasteiger partial charge is 0.355 e. The van der Waals surface area contributed by atoms with Gasteiger partial charge in [-0.15, -0.1) is 10.2 Å². The number of para-hydroxylation sites is 1. The average Bonchev–Trinajstić information content (AvgIpc) is 3.33. The van der Waals surface area contributed by atoms with Gasteiger partial charge < -0.3 is 10.2 Å². The van der Waals surface area contributed by atoms with Gasteiger partial charge in [0, 0.05) is 48.6 Å². The lowest BCUT2D eigenvalue weighted by molar-refractivity contribution is -0.384. The van der Waals surface area contributed by atoms with Gasteiger partial charge in [0.25, 0.3) is 5.69 Å². The summed E-state index contributed by atoms with van der Waals surface area (Å²) in [5.41, 5.74) is 1.71. The highest BCUT2D eigenvalue weighted by atomic mass is 32.2. The molecule has 1 aliphatic rings. The Hall–Kier alpha value is -3.24. The number of nitrogens with zero attached hydrogens (tertiary/aromatic N) is 5. The van der Waals surface area contributed by atoms with Crippen LogP contribution in [0.4, 0.5) is 5.69 Å². The molecule has 1 saturated heterocycles. The molecule has 1 aliphatic heterocycles. The molecule has 9 nitrogen and oxygen atoms in total. The molecule has 1 aromatic heterocycles. The van der Waals surface area contributed by atoms with Crippen molar-refractivity contribution in [3.05, 3.63) is 64.7 Å². The molecule has 4 rings (SSSR count). The van der Waals surface area contributed by atoms with E-state index in [9.17, 15) is 14.9 Å². The maximum atomic E-state index is 12.2. The molecule has 0 atom stereocenters. The van der Waals surface area contributed by atoms with E-state index >= 15 is 0 Å². The number of aromatic nitrogens is 3. The normalized spacial score (nSPS) is 14.0. The lowest BCUT2D eigenvalue weighted by atomic mass is 10.1. The first-order chi connectivity index (χ1) is 17.6. The van der Waals surface area contributed by atoms with Crippen LogP contribution in [0.1, 0.15) is 38.5 Å². The Morgan fingerprint density at radius 3 is 2.47 bits per heavy atom. The Morgan fingerprint density at radius 2 is 1.75 bits per heavy atom. The number of thioether (sulfide) groups is 1. The highest BCUT2D eigenvalue weighted by Crippen LogP contribution is 2.29. The van der Waals surface area contributed by atoms with E-state index in [0.29, 0.717) is 12.2 Å². The summed E-state index contributed by atoms with van der Waals surface area (Å²) in [6.07, 6.45) is 6.08. The minimum atomic E-state index is -0.415. The monoisotopic (exact) mass is 508 g/mol. The van der Waals surface area contributed by atoms with E-state index in [-0.39, 0.29) is 11.6 Å². The SMILES string of the molecule is O=C(CCCCSc1nnc(-c2ccc([N+](=O)[O-])cc2)n1-c1ccccc1)NCCN1CCCCC1. The van der Waals surface area contributed by atoms with Crippen LogP contribution in [0.2, 0.25) is 0 Å². The molecule has 2 aromatic carbocycles. The van der Waals surface area contributed by atoms with Crippen molar-refractivity contribution < 1.29 is 9.72 Å². The van der Waals surface area contributed by atoms with Crippen molar-refractivity contribution in [2.75, 3.05) is 31.9 Å². The molecular formula is C26H32N6O3S. The van der Waals surface area contributed by atoms with Crippen LogP contribution in [0.5, 0.6) is 0 Å². The average molecular weight is 509 g/mol. The first-order valence-corrected chi connectivity index (χ1v) is 13.5. The van der Waals surface area contributed by atoms with Gasteiger partial charge in [-0.2, -0.15) is 0 Å². The zero-order valence-corrected chi connectivity index (χ0v) is 21.2. The summed E-state index contributed by atoms with van der Waals surface area (Å²) < 4.78 is 1.97. The van der Waals surface area contributed by atoms with Crippen molar-refractivity contribution >= 4 is 23.4 Å². The third-order valence-corrected chi connectivity index (χ3v) is 7.23. The minimum absolute atomic E-state index is 0.0367. The molecule has 10 heteroatoms. The lowest BCUT2D eigenvalue weighted by Crippen LogP contribution is -2.37. The molecule has 0 saturated carbocycles. The standard InChI is InChI=1S/C26H32N6O3S/c33-24(27-16-19-30-17-6-2-7-18-30)11-5-8-20-36-26-29-28-25(31(26)22-9-3-1-4-10-22)21-12-14-23(15-13-21)32(34)35/h1,3-4,9-10,12-15H,2,5-8,11,16-20H2,(H,27,33). The molecule has 1 fully saturated rings. The van der Waals surface area contributed by atoms with Crippen molar-refractivity contribution in [2.24, 2.45) is 0 Å². The topological polar surface area (TPSA) is 106 Å².